The fourth-order valence-corrected chi connectivity index (χ4v) is 1.42. The Hall–Kier alpha value is -2.56. The van der Waals surface area contributed by atoms with Gasteiger partial charge in [-0.3, -0.25) is 4.79 Å². The number of nitrogens with zero attached hydrogens (tertiary/aromatic N) is 1. The molecule has 0 aliphatic carbocycles. The summed E-state index contributed by atoms with van der Waals surface area (Å²) in [6.07, 6.45) is -4.79. The summed E-state index contributed by atoms with van der Waals surface area (Å²) >= 11 is 0. The van der Waals surface area contributed by atoms with Crippen molar-refractivity contribution in [2.75, 3.05) is 6.61 Å². The molecule has 1 aromatic rings. The van der Waals surface area contributed by atoms with Crippen LogP contribution in [0.5, 0.6) is 5.75 Å². The molecule has 0 aliphatic rings. The summed E-state index contributed by atoms with van der Waals surface area (Å²) in [6, 6.07) is 2.95. The van der Waals surface area contributed by atoms with E-state index in [-0.39, 0.29) is 18.5 Å². The van der Waals surface area contributed by atoms with Gasteiger partial charge in [0.15, 0.2) is 6.29 Å². The van der Waals surface area contributed by atoms with Gasteiger partial charge in [-0.2, -0.15) is 5.26 Å². The van der Waals surface area contributed by atoms with Gasteiger partial charge < -0.3 is 9.47 Å². The SMILES string of the molecule is CCOC(=O)c1cc(OC(F)(F)F)cc(C#N)c1C=O. The van der Waals surface area contributed by atoms with Crippen LogP contribution in [0.25, 0.3) is 0 Å². The Morgan fingerprint density at radius 1 is 1.45 bits per heavy atom. The number of ether oxygens (including phenoxy) is 2. The third-order valence-electron chi connectivity index (χ3n) is 2.12. The predicted molar refractivity (Wildman–Crippen MR) is 59.2 cm³/mol. The summed E-state index contributed by atoms with van der Waals surface area (Å²) in [7, 11) is 0. The molecule has 20 heavy (non-hydrogen) atoms. The van der Waals surface area contributed by atoms with Gasteiger partial charge in [-0.25, -0.2) is 4.79 Å². The number of nitriles is 1. The van der Waals surface area contributed by atoms with Crippen molar-refractivity contribution in [2.45, 2.75) is 13.3 Å². The van der Waals surface area contributed by atoms with Gasteiger partial charge in [-0.05, 0) is 19.1 Å². The van der Waals surface area contributed by atoms with Crippen LogP contribution in [0.15, 0.2) is 12.1 Å². The van der Waals surface area contributed by atoms with Gasteiger partial charge in [-0.15, -0.1) is 13.2 Å². The lowest BCUT2D eigenvalue weighted by molar-refractivity contribution is -0.274. The van der Waals surface area contributed by atoms with E-state index in [2.05, 4.69) is 9.47 Å². The summed E-state index contributed by atoms with van der Waals surface area (Å²) < 4.78 is 44.7. The Balaban J connectivity index is 3.39. The zero-order chi connectivity index (χ0) is 15.3. The van der Waals surface area contributed by atoms with Crippen LogP contribution in [0.2, 0.25) is 0 Å². The van der Waals surface area contributed by atoms with Crippen molar-refractivity contribution >= 4 is 12.3 Å². The van der Waals surface area contributed by atoms with Crippen LogP contribution in [0.4, 0.5) is 13.2 Å². The molecule has 0 saturated heterocycles. The van der Waals surface area contributed by atoms with Gasteiger partial charge >= 0.3 is 12.3 Å². The maximum atomic E-state index is 12.1. The van der Waals surface area contributed by atoms with Crippen molar-refractivity contribution in [1.29, 1.82) is 5.26 Å². The third kappa shape index (κ3) is 3.71. The minimum absolute atomic E-state index is 0.0383. The lowest BCUT2D eigenvalue weighted by Gasteiger charge is -2.12. The van der Waals surface area contributed by atoms with Crippen LogP contribution in [-0.4, -0.2) is 25.2 Å². The minimum Gasteiger partial charge on any atom is -0.462 e. The highest BCUT2D eigenvalue weighted by Crippen LogP contribution is 2.27. The van der Waals surface area contributed by atoms with Crippen molar-refractivity contribution in [3.8, 4) is 11.8 Å². The fourth-order valence-electron chi connectivity index (χ4n) is 1.42. The highest BCUT2D eigenvalue weighted by molar-refractivity contribution is 6.00. The number of rotatable bonds is 4. The van der Waals surface area contributed by atoms with Crippen molar-refractivity contribution in [3.05, 3.63) is 28.8 Å². The molecule has 0 aliphatic heterocycles. The molecule has 0 fully saturated rings. The topological polar surface area (TPSA) is 76.4 Å². The second-order valence-electron chi connectivity index (χ2n) is 3.43. The lowest BCUT2D eigenvalue weighted by atomic mass is 10.0. The minimum atomic E-state index is -4.98. The van der Waals surface area contributed by atoms with Crippen molar-refractivity contribution in [3.63, 3.8) is 0 Å². The molecule has 106 valence electrons. The van der Waals surface area contributed by atoms with Crippen LogP contribution in [-0.2, 0) is 4.74 Å². The Labute approximate surface area is 111 Å². The molecule has 8 heteroatoms. The van der Waals surface area contributed by atoms with E-state index < -0.39 is 29.2 Å². The number of hydrogen-bond donors (Lipinski definition) is 0. The molecule has 0 heterocycles. The third-order valence-corrected chi connectivity index (χ3v) is 2.12. The first-order valence-electron chi connectivity index (χ1n) is 5.28. The molecule has 0 aromatic heterocycles. The number of alkyl halides is 3. The highest BCUT2D eigenvalue weighted by atomic mass is 19.4. The van der Waals surface area contributed by atoms with Crippen LogP contribution < -0.4 is 4.74 Å². The zero-order valence-electron chi connectivity index (χ0n) is 10.2. The van der Waals surface area contributed by atoms with Crippen LogP contribution in [0.3, 0.4) is 0 Å². The Morgan fingerprint density at radius 2 is 2.10 bits per heavy atom. The molecule has 0 N–H and O–H groups in total. The molecule has 0 amide bonds. The van der Waals surface area contributed by atoms with E-state index in [1.807, 2.05) is 0 Å². The van der Waals surface area contributed by atoms with E-state index in [4.69, 9.17) is 5.26 Å². The zero-order valence-corrected chi connectivity index (χ0v) is 10.2. The molecule has 0 bridgehead atoms. The fraction of sp³-hybridized carbons (Fsp3) is 0.250. The van der Waals surface area contributed by atoms with E-state index in [1.165, 1.54) is 13.0 Å². The second kappa shape index (κ2) is 6.06. The van der Waals surface area contributed by atoms with Crippen LogP contribution >= 0.6 is 0 Å². The molecule has 0 unspecified atom stereocenters. The monoisotopic (exact) mass is 287 g/mol. The van der Waals surface area contributed by atoms with Gasteiger partial charge in [0.05, 0.1) is 17.7 Å². The number of hydrogen-bond acceptors (Lipinski definition) is 5. The standard InChI is InChI=1S/C12H8F3NO4/c1-2-19-11(18)9-4-8(20-12(13,14)15)3-7(5-16)10(9)6-17/h3-4,6H,2H2,1H3. The number of benzene rings is 1. The highest BCUT2D eigenvalue weighted by Gasteiger charge is 2.32. The number of halogens is 3. The Morgan fingerprint density at radius 3 is 2.55 bits per heavy atom. The quantitative estimate of drug-likeness (QED) is 0.628. The molecule has 0 atom stereocenters. The van der Waals surface area contributed by atoms with E-state index in [0.717, 1.165) is 6.07 Å². The first-order valence-corrected chi connectivity index (χ1v) is 5.28. The summed E-state index contributed by atoms with van der Waals surface area (Å²) in [5.74, 6) is -1.79. The molecular weight excluding hydrogens is 279 g/mol. The molecule has 5 nitrogen and oxygen atoms in total. The second-order valence-corrected chi connectivity index (χ2v) is 3.43. The number of aldehydes is 1. The smallest absolute Gasteiger partial charge is 0.462 e. The predicted octanol–water partition coefficient (Wildman–Crippen LogP) is 2.45. The van der Waals surface area contributed by atoms with Gasteiger partial charge in [0, 0.05) is 5.56 Å². The average molecular weight is 287 g/mol. The first kappa shape index (κ1) is 15.5. The van der Waals surface area contributed by atoms with E-state index >= 15 is 0 Å². The van der Waals surface area contributed by atoms with Crippen LogP contribution in [0.1, 0.15) is 33.2 Å². The molecule has 1 aromatic carbocycles. The maximum absolute atomic E-state index is 12.1. The van der Waals surface area contributed by atoms with Gasteiger partial charge in [0.2, 0.25) is 0 Å². The van der Waals surface area contributed by atoms with Gasteiger partial charge in [-0.1, -0.05) is 0 Å². The molecule has 1 rings (SSSR count). The number of carbonyl (C=O) groups excluding carboxylic acids is 2. The van der Waals surface area contributed by atoms with Crippen molar-refractivity contribution in [2.24, 2.45) is 0 Å². The summed E-state index contributed by atoms with van der Waals surface area (Å²) in [5, 5.41) is 8.81. The Kier molecular flexibility index (Phi) is 4.69. The number of esters is 1. The normalized spacial score (nSPS) is 10.6. The van der Waals surface area contributed by atoms with Crippen LogP contribution in [0, 0.1) is 11.3 Å². The first-order chi connectivity index (χ1) is 9.32. The van der Waals surface area contributed by atoms with Gasteiger partial charge in [0.25, 0.3) is 0 Å². The largest absolute Gasteiger partial charge is 0.573 e. The molecule has 0 saturated carbocycles. The van der Waals surface area contributed by atoms with Crippen molar-refractivity contribution in [1.82, 2.24) is 0 Å². The summed E-state index contributed by atoms with van der Waals surface area (Å²) in [5.41, 5.74) is -1.22. The number of carbonyl (C=O) groups is 2. The Bertz CT molecular complexity index is 575. The van der Waals surface area contributed by atoms with Gasteiger partial charge in [0.1, 0.15) is 11.8 Å². The molecular formula is C12H8F3NO4. The van der Waals surface area contributed by atoms with E-state index in [1.54, 1.807) is 0 Å². The van der Waals surface area contributed by atoms with E-state index in [9.17, 15) is 22.8 Å². The average Bonchev–Trinajstić information content (AvgIpc) is 2.35. The van der Waals surface area contributed by atoms with Crippen molar-refractivity contribution < 1.29 is 32.2 Å². The maximum Gasteiger partial charge on any atom is 0.573 e. The lowest BCUT2D eigenvalue weighted by Crippen LogP contribution is -2.18. The van der Waals surface area contributed by atoms with E-state index in [0.29, 0.717) is 6.07 Å². The summed E-state index contributed by atoms with van der Waals surface area (Å²) in [6.45, 7) is 1.45. The molecule has 0 radical (unpaired) electrons. The summed E-state index contributed by atoms with van der Waals surface area (Å²) in [4.78, 5) is 22.5. The molecule has 0 spiro atoms.